The second kappa shape index (κ2) is 18.2. The van der Waals surface area contributed by atoms with Crippen molar-refractivity contribution in [2.24, 2.45) is 11.8 Å². The summed E-state index contributed by atoms with van der Waals surface area (Å²) in [5.41, 5.74) is 8.93. The lowest BCUT2D eigenvalue weighted by atomic mass is 9.87. The van der Waals surface area contributed by atoms with E-state index in [-0.39, 0.29) is 11.8 Å². The van der Waals surface area contributed by atoms with Crippen molar-refractivity contribution in [1.29, 1.82) is 0 Å². The zero-order valence-electron chi connectivity index (χ0n) is 32.2. The van der Waals surface area contributed by atoms with Gasteiger partial charge in [0.2, 0.25) is 5.91 Å². The van der Waals surface area contributed by atoms with Gasteiger partial charge in [0.05, 0.1) is 0 Å². The van der Waals surface area contributed by atoms with Gasteiger partial charge in [0, 0.05) is 66.2 Å². The Labute approximate surface area is 334 Å². The van der Waals surface area contributed by atoms with E-state index in [1.165, 1.54) is 56.7 Å². The summed E-state index contributed by atoms with van der Waals surface area (Å²) in [5, 5.41) is 10.8. The molecule has 0 bridgehead atoms. The zero-order chi connectivity index (χ0) is 38.1. The second-order valence-electron chi connectivity index (χ2n) is 15.7. The molecule has 288 valence electrons. The highest BCUT2D eigenvalue weighted by molar-refractivity contribution is 7.03. The Kier molecular flexibility index (Phi) is 12.3. The quantitative estimate of drug-likeness (QED) is 0.115. The third-order valence-electron chi connectivity index (χ3n) is 11.9. The largest absolute Gasteiger partial charge is 0.361 e. The number of hydrogen-bond donors (Lipinski definition) is 2. The molecular formula is C47H52N6O2S. The molecule has 2 aliphatic rings. The summed E-state index contributed by atoms with van der Waals surface area (Å²) in [6.45, 7) is 4.97. The van der Waals surface area contributed by atoms with Crippen molar-refractivity contribution in [3.05, 3.63) is 131 Å². The molecule has 8 nitrogen and oxygen atoms in total. The number of para-hydroxylation sites is 1. The Hall–Kier alpha value is -5.12. The first-order valence-electron chi connectivity index (χ1n) is 20.4. The lowest BCUT2D eigenvalue weighted by Gasteiger charge is -2.32. The zero-order valence-corrected chi connectivity index (χ0v) is 33.0. The molecule has 9 heteroatoms. The van der Waals surface area contributed by atoms with Gasteiger partial charge in [0.25, 0.3) is 5.91 Å². The van der Waals surface area contributed by atoms with Crippen LogP contribution in [-0.2, 0) is 24.3 Å². The lowest BCUT2D eigenvalue weighted by molar-refractivity contribution is -0.132. The van der Waals surface area contributed by atoms with Crippen LogP contribution in [0.15, 0.2) is 109 Å². The fourth-order valence-electron chi connectivity index (χ4n) is 8.68. The number of amides is 2. The predicted octanol–water partition coefficient (Wildman–Crippen LogP) is 9.54. The molecule has 0 atom stereocenters. The molecule has 8 rings (SSSR count). The number of nitrogens with zero attached hydrogens (tertiary/aromatic N) is 4. The molecule has 2 N–H and O–H groups in total. The minimum atomic E-state index is 0.0968. The van der Waals surface area contributed by atoms with E-state index in [2.05, 4.69) is 79.4 Å². The fraction of sp³-hybridized carbons (Fsp3) is 0.362. The van der Waals surface area contributed by atoms with Crippen LogP contribution in [0.2, 0.25) is 0 Å². The number of benzene rings is 4. The standard InChI is InChI=1S/C47H52N6O2S/c54-46(18-17-42-30-49-44-16-2-1-15-43(42)44)53(32-37-10-5-13-40(28-37)45-33-56-51-50-45)31-36-9-4-11-38(27-36)39-12-6-14-41(29-39)47(55)52-25-21-35(22-26-52)8-3-7-34-19-23-48-24-20-34/h1-2,4-6,9-16,27-30,33-35,48-49H,3,7-8,17-26,31-32H2. The molecular weight excluding hydrogens is 713 g/mol. The number of fused-ring (bicyclic) bond motifs is 1. The normalized spacial score (nSPS) is 15.3. The van der Waals surface area contributed by atoms with E-state index in [4.69, 9.17) is 0 Å². The van der Waals surface area contributed by atoms with E-state index in [1.54, 1.807) is 0 Å². The minimum Gasteiger partial charge on any atom is -0.361 e. The van der Waals surface area contributed by atoms with Gasteiger partial charge >= 0.3 is 0 Å². The number of aryl methyl sites for hydroxylation is 1. The molecule has 0 aliphatic carbocycles. The van der Waals surface area contributed by atoms with Gasteiger partial charge in [-0.05, 0) is 127 Å². The molecule has 2 saturated heterocycles. The first-order chi connectivity index (χ1) is 27.6. The van der Waals surface area contributed by atoms with Crippen LogP contribution in [0.25, 0.3) is 33.3 Å². The van der Waals surface area contributed by atoms with Crippen molar-refractivity contribution < 1.29 is 9.59 Å². The summed E-state index contributed by atoms with van der Waals surface area (Å²) in [4.78, 5) is 35.2. The Morgan fingerprint density at radius 3 is 2.20 bits per heavy atom. The highest BCUT2D eigenvalue weighted by Crippen LogP contribution is 2.29. The van der Waals surface area contributed by atoms with E-state index in [1.807, 2.05) is 58.9 Å². The van der Waals surface area contributed by atoms with Crippen LogP contribution >= 0.6 is 11.5 Å². The third-order valence-corrected chi connectivity index (χ3v) is 12.4. The van der Waals surface area contributed by atoms with Crippen LogP contribution in [0.1, 0.15) is 78.4 Å². The monoisotopic (exact) mass is 764 g/mol. The topological polar surface area (TPSA) is 94.2 Å². The number of hydrogen-bond acceptors (Lipinski definition) is 6. The molecule has 0 saturated carbocycles. The fourth-order valence-corrected chi connectivity index (χ4v) is 9.15. The molecule has 2 amide bonds. The SMILES string of the molecule is O=C(CCc1c[nH]c2ccccc12)N(Cc1cccc(-c2cccc(C(=O)N3CCC(CCCC4CCNCC4)CC3)c2)c1)Cc1cccc(-c2csnn2)c1. The van der Waals surface area contributed by atoms with Gasteiger partial charge in [0.15, 0.2) is 0 Å². The number of piperidine rings is 2. The van der Waals surface area contributed by atoms with Crippen molar-refractivity contribution in [2.45, 2.75) is 70.9 Å². The number of aromatic amines is 1. The van der Waals surface area contributed by atoms with Gasteiger partial charge < -0.3 is 20.1 Å². The Morgan fingerprint density at radius 1 is 0.768 bits per heavy atom. The Morgan fingerprint density at radius 2 is 1.45 bits per heavy atom. The van der Waals surface area contributed by atoms with Crippen LogP contribution < -0.4 is 5.32 Å². The van der Waals surface area contributed by atoms with Crippen LogP contribution in [0.5, 0.6) is 0 Å². The highest BCUT2D eigenvalue weighted by Gasteiger charge is 2.24. The average Bonchev–Trinajstić information content (AvgIpc) is 3.95. The van der Waals surface area contributed by atoms with E-state index in [0.29, 0.717) is 25.9 Å². The van der Waals surface area contributed by atoms with Crippen molar-refractivity contribution in [1.82, 2.24) is 29.7 Å². The summed E-state index contributed by atoms with van der Waals surface area (Å²) in [5.74, 6) is 1.84. The van der Waals surface area contributed by atoms with Gasteiger partial charge in [0.1, 0.15) is 5.69 Å². The molecule has 0 radical (unpaired) electrons. The van der Waals surface area contributed by atoms with E-state index in [9.17, 15) is 9.59 Å². The maximum Gasteiger partial charge on any atom is 0.253 e. The van der Waals surface area contributed by atoms with Gasteiger partial charge in [-0.15, -0.1) is 5.10 Å². The minimum absolute atomic E-state index is 0.0968. The Balaban J connectivity index is 0.936. The van der Waals surface area contributed by atoms with Crippen LogP contribution in [0, 0.1) is 11.8 Å². The molecule has 4 aromatic carbocycles. The molecule has 2 aliphatic heterocycles. The molecule has 56 heavy (non-hydrogen) atoms. The van der Waals surface area contributed by atoms with Crippen molar-refractivity contribution in [3.63, 3.8) is 0 Å². The summed E-state index contributed by atoms with van der Waals surface area (Å²) in [7, 11) is 0. The van der Waals surface area contributed by atoms with Crippen molar-refractivity contribution in [2.75, 3.05) is 26.2 Å². The maximum absolute atomic E-state index is 14.1. The lowest BCUT2D eigenvalue weighted by Crippen LogP contribution is -2.38. The maximum atomic E-state index is 14.1. The third kappa shape index (κ3) is 9.45. The molecule has 4 heterocycles. The second-order valence-corrected chi connectivity index (χ2v) is 16.4. The number of rotatable bonds is 14. The number of H-pyrrole nitrogens is 1. The number of nitrogens with one attached hydrogen (secondary N) is 2. The summed E-state index contributed by atoms with van der Waals surface area (Å²) < 4.78 is 4.04. The van der Waals surface area contributed by atoms with Gasteiger partial charge in [-0.3, -0.25) is 9.59 Å². The van der Waals surface area contributed by atoms with Crippen LogP contribution in [0.4, 0.5) is 0 Å². The van der Waals surface area contributed by atoms with E-state index < -0.39 is 0 Å². The average molecular weight is 765 g/mol. The number of aromatic nitrogens is 3. The van der Waals surface area contributed by atoms with Crippen molar-refractivity contribution >= 4 is 34.2 Å². The smallest absolute Gasteiger partial charge is 0.253 e. The summed E-state index contributed by atoms with van der Waals surface area (Å²) >= 11 is 1.33. The first-order valence-corrected chi connectivity index (χ1v) is 21.3. The van der Waals surface area contributed by atoms with E-state index >= 15 is 0 Å². The molecule has 2 fully saturated rings. The number of likely N-dealkylation sites (tertiary alicyclic amines) is 1. The highest BCUT2D eigenvalue weighted by atomic mass is 32.1. The summed E-state index contributed by atoms with van der Waals surface area (Å²) in [6, 6.07) is 32.9. The number of carbonyl (C=O) groups is 2. The summed E-state index contributed by atoms with van der Waals surface area (Å²) in [6.07, 6.45) is 11.9. The van der Waals surface area contributed by atoms with Crippen molar-refractivity contribution in [3.8, 4) is 22.4 Å². The first kappa shape index (κ1) is 37.8. The van der Waals surface area contributed by atoms with Gasteiger partial charge in [-0.25, -0.2) is 0 Å². The van der Waals surface area contributed by atoms with E-state index in [0.717, 1.165) is 93.3 Å². The molecule has 0 unspecified atom stereocenters. The molecule has 2 aromatic heterocycles. The van der Waals surface area contributed by atoms with Gasteiger partial charge in [-0.2, -0.15) is 0 Å². The molecule has 6 aromatic rings. The Bertz CT molecular complexity index is 2220. The molecule has 0 spiro atoms. The predicted molar refractivity (Wildman–Crippen MR) is 226 cm³/mol. The van der Waals surface area contributed by atoms with Gasteiger partial charge in [-0.1, -0.05) is 90.5 Å². The number of carbonyl (C=O) groups excluding carboxylic acids is 2. The van der Waals surface area contributed by atoms with Crippen LogP contribution in [-0.4, -0.2) is 62.4 Å². The van der Waals surface area contributed by atoms with Crippen LogP contribution in [0.3, 0.4) is 0 Å².